The monoisotopic (exact) mass is 254 g/mol. The Kier molecular flexibility index (Phi) is 4.27. The predicted molar refractivity (Wildman–Crippen MR) is 62.6 cm³/mol. The highest BCUT2D eigenvalue weighted by molar-refractivity contribution is 5.83. The lowest BCUT2D eigenvalue weighted by Gasteiger charge is -2.34. The predicted octanol–water partition coefficient (Wildman–Crippen LogP) is -0.516. The molecule has 7 heteroatoms. The van der Waals surface area contributed by atoms with E-state index in [-0.39, 0.29) is 5.91 Å². The van der Waals surface area contributed by atoms with Gasteiger partial charge in [-0.2, -0.15) is 4.98 Å². The Labute approximate surface area is 105 Å². The van der Waals surface area contributed by atoms with Crippen LogP contribution in [0.15, 0.2) is 10.9 Å². The van der Waals surface area contributed by atoms with Crippen LogP contribution in [0.3, 0.4) is 0 Å². The molecule has 1 aromatic heterocycles. The topological polar surface area (TPSA) is 103 Å². The van der Waals surface area contributed by atoms with E-state index in [1.807, 2.05) is 0 Å². The summed E-state index contributed by atoms with van der Waals surface area (Å²) in [5.41, 5.74) is 5.27. The molecule has 0 bridgehead atoms. The van der Waals surface area contributed by atoms with Crippen LogP contribution in [0.25, 0.3) is 0 Å². The maximum Gasteiger partial charge on any atom is 0.227 e. The van der Waals surface area contributed by atoms with Crippen LogP contribution < -0.4 is 11.1 Å². The molecule has 0 unspecified atom stereocenters. The second-order valence-electron chi connectivity index (χ2n) is 4.45. The Hall–Kier alpha value is -1.47. The molecule has 0 radical (unpaired) electrons. The van der Waals surface area contributed by atoms with Crippen molar-refractivity contribution in [2.24, 2.45) is 11.1 Å². The molecular formula is C11H18N4O3. The van der Waals surface area contributed by atoms with E-state index in [9.17, 15) is 4.79 Å². The molecule has 0 atom stereocenters. The Morgan fingerprint density at radius 1 is 1.50 bits per heavy atom. The first kappa shape index (κ1) is 13.0. The van der Waals surface area contributed by atoms with Crippen molar-refractivity contribution in [2.45, 2.75) is 19.3 Å². The van der Waals surface area contributed by atoms with E-state index < -0.39 is 5.41 Å². The molecule has 0 aliphatic carbocycles. The van der Waals surface area contributed by atoms with Gasteiger partial charge in [0.1, 0.15) is 0 Å². The zero-order chi connectivity index (χ0) is 12.8. The fourth-order valence-electron chi connectivity index (χ4n) is 2.06. The summed E-state index contributed by atoms with van der Waals surface area (Å²) in [6.07, 6.45) is 3.19. The van der Waals surface area contributed by atoms with E-state index in [2.05, 4.69) is 20.0 Å². The third-order valence-electron chi connectivity index (χ3n) is 3.36. The normalized spacial score (nSPS) is 18.5. The average Bonchev–Trinajstić information content (AvgIpc) is 2.92. The van der Waals surface area contributed by atoms with Crippen LogP contribution in [0.5, 0.6) is 0 Å². The van der Waals surface area contributed by atoms with Gasteiger partial charge in [0.15, 0.2) is 5.82 Å². The molecular weight excluding hydrogens is 236 g/mol. The first-order valence-corrected chi connectivity index (χ1v) is 6.08. The Morgan fingerprint density at radius 3 is 2.89 bits per heavy atom. The summed E-state index contributed by atoms with van der Waals surface area (Å²) < 4.78 is 9.89. The van der Waals surface area contributed by atoms with E-state index in [4.69, 9.17) is 10.5 Å². The SMILES string of the molecule is NCC1(C(=O)NCCc2ncon2)CCOCC1. The number of nitrogens with one attached hydrogen (secondary N) is 1. The fraction of sp³-hybridized carbons (Fsp3) is 0.727. The number of nitrogens with two attached hydrogens (primary N) is 1. The number of carbonyl (C=O) groups excluding carboxylic acids is 1. The molecule has 0 spiro atoms. The molecule has 7 nitrogen and oxygen atoms in total. The van der Waals surface area contributed by atoms with E-state index in [0.717, 1.165) is 0 Å². The lowest BCUT2D eigenvalue weighted by Crippen LogP contribution is -2.49. The van der Waals surface area contributed by atoms with Gasteiger partial charge in [0.05, 0.1) is 5.41 Å². The van der Waals surface area contributed by atoms with Crippen molar-refractivity contribution in [3.8, 4) is 0 Å². The summed E-state index contributed by atoms with van der Waals surface area (Å²) in [5, 5.41) is 6.57. The number of nitrogens with zero attached hydrogens (tertiary/aromatic N) is 2. The summed E-state index contributed by atoms with van der Waals surface area (Å²) in [5.74, 6) is 0.584. The molecule has 100 valence electrons. The average molecular weight is 254 g/mol. The van der Waals surface area contributed by atoms with E-state index >= 15 is 0 Å². The number of hydrogen-bond donors (Lipinski definition) is 2. The summed E-state index contributed by atoms with van der Waals surface area (Å²) in [4.78, 5) is 16.1. The van der Waals surface area contributed by atoms with E-state index in [1.165, 1.54) is 6.39 Å². The van der Waals surface area contributed by atoms with Gasteiger partial charge in [-0.3, -0.25) is 4.79 Å². The highest BCUT2D eigenvalue weighted by Crippen LogP contribution is 2.29. The van der Waals surface area contributed by atoms with Gasteiger partial charge in [0, 0.05) is 32.7 Å². The molecule has 1 aliphatic rings. The third kappa shape index (κ3) is 2.85. The largest absolute Gasteiger partial charge is 0.381 e. The molecule has 1 amide bonds. The standard InChI is InChI=1S/C11H18N4O3/c12-7-11(2-5-17-6-3-11)10(16)13-4-1-9-14-8-18-15-9/h8H,1-7,12H2,(H,13,16). The second kappa shape index (κ2) is 5.92. The Balaban J connectivity index is 1.82. The molecule has 1 aromatic rings. The summed E-state index contributed by atoms with van der Waals surface area (Å²) in [6, 6.07) is 0. The van der Waals surface area contributed by atoms with Crippen molar-refractivity contribution in [1.29, 1.82) is 0 Å². The molecule has 18 heavy (non-hydrogen) atoms. The van der Waals surface area contributed by atoms with Crippen LogP contribution in [0.2, 0.25) is 0 Å². The maximum atomic E-state index is 12.2. The lowest BCUT2D eigenvalue weighted by atomic mass is 9.79. The molecule has 1 saturated heterocycles. The first-order chi connectivity index (χ1) is 8.77. The zero-order valence-corrected chi connectivity index (χ0v) is 10.2. The summed E-state index contributed by atoms with van der Waals surface area (Å²) in [6.45, 7) is 2.02. The quantitative estimate of drug-likeness (QED) is 0.733. The number of hydrogen-bond acceptors (Lipinski definition) is 6. The molecule has 1 fully saturated rings. The van der Waals surface area contributed by atoms with E-state index in [1.54, 1.807) is 0 Å². The minimum atomic E-state index is -0.477. The van der Waals surface area contributed by atoms with Gasteiger partial charge in [-0.25, -0.2) is 0 Å². The Morgan fingerprint density at radius 2 is 2.28 bits per heavy atom. The molecule has 2 heterocycles. The van der Waals surface area contributed by atoms with Crippen molar-refractivity contribution >= 4 is 5.91 Å². The number of ether oxygens (including phenoxy) is 1. The third-order valence-corrected chi connectivity index (χ3v) is 3.36. The van der Waals surface area contributed by atoms with E-state index in [0.29, 0.717) is 51.4 Å². The molecule has 3 N–H and O–H groups in total. The zero-order valence-electron chi connectivity index (χ0n) is 10.2. The minimum absolute atomic E-state index is 0.00297. The summed E-state index contributed by atoms with van der Waals surface area (Å²) in [7, 11) is 0. The van der Waals surface area contributed by atoms with Crippen LogP contribution in [-0.4, -0.2) is 42.4 Å². The van der Waals surface area contributed by atoms with Crippen molar-refractivity contribution < 1.29 is 14.1 Å². The maximum absolute atomic E-state index is 12.2. The molecule has 2 rings (SSSR count). The smallest absolute Gasteiger partial charge is 0.227 e. The second-order valence-corrected chi connectivity index (χ2v) is 4.45. The first-order valence-electron chi connectivity index (χ1n) is 6.08. The van der Waals surface area contributed by atoms with Crippen molar-refractivity contribution in [2.75, 3.05) is 26.3 Å². The van der Waals surface area contributed by atoms with Crippen LogP contribution in [0.1, 0.15) is 18.7 Å². The van der Waals surface area contributed by atoms with Gasteiger partial charge in [0.2, 0.25) is 12.3 Å². The van der Waals surface area contributed by atoms with Gasteiger partial charge < -0.3 is 20.3 Å². The van der Waals surface area contributed by atoms with Gasteiger partial charge in [-0.05, 0) is 12.8 Å². The number of carbonyl (C=O) groups is 1. The fourth-order valence-corrected chi connectivity index (χ4v) is 2.06. The minimum Gasteiger partial charge on any atom is -0.381 e. The van der Waals surface area contributed by atoms with Gasteiger partial charge in [-0.1, -0.05) is 5.16 Å². The van der Waals surface area contributed by atoms with Crippen molar-refractivity contribution in [3.05, 3.63) is 12.2 Å². The van der Waals surface area contributed by atoms with Gasteiger partial charge >= 0.3 is 0 Å². The van der Waals surface area contributed by atoms with Crippen molar-refractivity contribution in [1.82, 2.24) is 15.5 Å². The Bertz CT molecular complexity index is 374. The van der Waals surface area contributed by atoms with Crippen LogP contribution in [0, 0.1) is 5.41 Å². The molecule has 0 aromatic carbocycles. The van der Waals surface area contributed by atoms with Crippen LogP contribution in [0.4, 0.5) is 0 Å². The number of aromatic nitrogens is 2. The highest BCUT2D eigenvalue weighted by atomic mass is 16.5. The number of rotatable bonds is 5. The van der Waals surface area contributed by atoms with Gasteiger partial charge in [-0.15, -0.1) is 0 Å². The molecule has 0 saturated carbocycles. The number of amides is 1. The lowest BCUT2D eigenvalue weighted by molar-refractivity contribution is -0.135. The van der Waals surface area contributed by atoms with Crippen molar-refractivity contribution in [3.63, 3.8) is 0 Å². The summed E-state index contributed by atoms with van der Waals surface area (Å²) >= 11 is 0. The van der Waals surface area contributed by atoms with Crippen LogP contribution in [-0.2, 0) is 16.0 Å². The van der Waals surface area contributed by atoms with Crippen LogP contribution >= 0.6 is 0 Å². The van der Waals surface area contributed by atoms with Gasteiger partial charge in [0.25, 0.3) is 0 Å². The highest BCUT2D eigenvalue weighted by Gasteiger charge is 2.38. The molecule has 1 aliphatic heterocycles.